The van der Waals surface area contributed by atoms with E-state index in [2.05, 4.69) is 0 Å². The van der Waals surface area contributed by atoms with Gasteiger partial charge in [-0.15, -0.1) is 0 Å². The first-order chi connectivity index (χ1) is 14.4. The van der Waals surface area contributed by atoms with Crippen LogP contribution >= 0.6 is 0 Å². The molecule has 1 aromatic rings. The molecule has 1 fully saturated rings. The lowest BCUT2D eigenvalue weighted by atomic mass is 9.62. The van der Waals surface area contributed by atoms with Crippen LogP contribution in [0.5, 0.6) is 0 Å². The fourth-order valence-corrected chi connectivity index (χ4v) is 4.55. The number of nitriles is 2. The maximum atomic E-state index is 13.6. The van der Waals surface area contributed by atoms with Gasteiger partial charge >= 0.3 is 5.97 Å². The summed E-state index contributed by atoms with van der Waals surface area (Å²) in [6, 6.07) is 12.5. The second-order valence-corrected chi connectivity index (χ2v) is 7.56. The largest absolute Gasteiger partial charge is 0.463 e. The SMILES string of the molecule is CCCCC1=C(C(=O)OCC)CC2(CC(=O)N(c3ccccc3)C2=O)C1(C#N)C#N. The Morgan fingerprint density at radius 1 is 1.13 bits per heavy atom. The van der Waals surface area contributed by atoms with Crippen molar-refractivity contribution in [3.8, 4) is 12.1 Å². The molecule has 0 aromatic heterocycles. The van der Waals surface area contributed by atoms with E-state index in [1.54, 1.807) is 37.3 Å². The van der Waals surface area contributed by atoms with Crippen LogP contribution in [0.4, 0.5) is 5.69 Å². The van der Waals surface area contributed by atoms with Gasteiger partial charge in [-0.25, -0.2) is 9.69 Å². The number of imide groups is 1. The topological polar surface area (TPSA) is 111 Å². The Kier molecular flexibility index (Phi) is 5.75. The summed E-state index contributed by atoms with van der Waals surface area (Å²) in [6.07, 6.45) is 1.28. The van der Waals surface area contributed by atoms with Crippen molar-refractivity contribution in [2.24, 2.45) is 10.8 Å². The predicted octanol–water partition coefficient (Wildman–Crippen LogP) is 3.42. The molecular weight excluding hydrogens is 382 g/mol. The van der Waals surface area contributed by atoms with Crippen LogP contribution < -0.4 is 4.90 Å². The number of allylic oxidation sites excluding steroid dienone is 1. The van der Waals surface area contributed by atoms with Crippen molar-refractivity contribution < 1.29 is 19.1 Å². The van der Waals surface area contributed by atoms with Crippen molar-refractivity contribution in [1.82, 2.24) is 0 Å². The monoisotopic (exact) mass is 405 g/mol. The molecule has 7 nitrogen and oxygen atoms in total. The highest BCUT2D eigenvalue weighted by molar-refractivity contribution is 6.24. The summed E-state index contributed by atoms with van der Waals surface area (Å²) in [6.45, 7) is 3.75. The first-order valence-corrected chi connectivity index (χ1v) is 10.1. The Bertz CT molecular complexity index is 986. The van der Waals surface area contributed by atoms with Crippen molar-refractivity contribution in [3.63, 3.8) is 0 Å². The molecule has 2 aliphatic rings. The lowest BCUT2D eigenvalue weighted by Gasteiger charge is -2.32. The second kappa shape index (κ2) is 8.12. The number of esters is 1. The average Bonchev–Trinajstić information content (AvgIpc) is 3.17. The third-order valence-corrected chi connectivity index (χ3v) is 5.98. The molecule has 0 saturated carbocycles. The van der Waals surface area contributed by atoms with E-state index in [0.29, 0.717) is 24.1 Å². The van der Waals surface area contributed by atoms with E-state index >= 15 is 0 Å². The molecule has 0 radical (unpaired) electrons. The second-order valence-electron chi connectivity index (χ2n) is 7.56. The smallest absolute Gasteiger partial charge is 0.334 e. The average molecular weight is 405 g/mol. The van der Waals surface area contributed by atoms with Crippen LogP contribution in [-0.4, -0.2) is 24.4 Å². The molecule has 1 unspecified atom stereocenters. The highest BCUT2D eigenvalue weighted by Crippen LogP contribution is 2.62. The third-order valence-electron chi connectivity index (χ3n) is 5.98. The molecule has 1 aliphatic heterocycles. The van der Waals surface area contributed by atoms with Gasteiger partial charge in [-0.2, -0.15) is 10.5 Å². The molecule has 1 saturated heterocycles. The number of ether oxygens (including phenoxy) is 1. The van der Waals surface area contributed by atoms with E-state index in [0.717, 1.165) is 11.3 Å². The van der Waals surface area contributed by atoms with Crippen LogP contribution in [0.1, 0.15) is 46.0 Å². The summed E-state index contributed by atoms with van der Waals surface area (Å²) in [4.78, 5) is 40.3. The Hall–Kier alpha value is -3.45. The van der Waals surface area contributed by atoms with Crippen LogP contribution in [-0.2, 0) is 19.1 Å². The summed E-state index contributed by atoms with van der Waals surface area (Å²) in [5.41, 5.74) is -2.63. The standard InChI is InChI=1S/C23H23N3O4/c1-3-5-11-18-17(20(28)30-4-2)12-22(23(18,14-24)15-25)13-19(27)26(21(22)29)16-9-7-6-8-10-16/h6-10H,3-5,11-13H2,1-2H3. The fourth-order valence-electron chi connectivity index (χ4n) is 4.55. The van der Waals surface area contributed by atoms with Crippen molar-refractivity contribution in [1.29, 1.82) is 10.5 Å². The van der Waals surface area contributed by atoms with Crippen LogP contribution in [0.25, 0.3) is 0 Å². The minimum absolute atomic E-state index is 0.130. The molecule has 1 aromatic carbocycles. The van der Waals surface area contributed by atoms with E-state index in [9.17, 15) is 24.9 Å². The van der Waals surface area contributed by atoms with E-state index in [4.69, 9.17) is 4.74 Å². The number of rotatable bonds is 6. The Labute approximate surface area is 175 Å². The zero-order valence-electron chi connectivity index (χ0n) is 17.1. The summed E-state index contributed by atoms with van der Waals surface area (Å²) in [5.74, 6) is -1.73. The molecule has 0 bridgehead atoms. The summed E-state index contributed by atoms with van der Waals surface area (Å²) in [7, 11) is 0. The van der Waals surface area contributed by atoms with Gasteiger partial charge in [-0.05, 0) is 43.9 Å². The van der Waals surface area contributed by atoms with Gasteiger partial charge in [-0.1, -0.05) is 31.5 Å². The van der Waals surface area contributed by atoms with Gasteiger partial charge in [0.25, 0.3) is 0 Å². The Morgan fingerprint density at radius 2 is 1.80 bits per heavy atom. The molecule has 1 spiro atoms. The Morgan fingerprint density at radius 3 is 2.37 bits per heavy atom. The molecule has 0 N–H and O–H groups in total. The lowest BCUT2D eigenvalue weighted by Crippen LogP contribution is -2.45. The van der Waals surface area contributed by atoms with E-state index < -0.39 is 28.6 Å². The van der Waals surface area contributed by atoms with Gasteiger partial charge in [0.2, 0.25) is 11.8 Å². The number of anilines is 1. The lowest BCUT2D eigenvalue weighted by molar-refractivity contribution is -0.139. The van der Waals surface area contributed by atoms with E-state index in [-0.39, 0.29) is 25.0 Å². The molecule has 154 valence electrons. The Balaban J connectivity index is 2.17. The molecule has 1 heterocycles. The molecule has 1 aliphatic carbocycles. The van der Waals surface area contributed by atoms with Crippen LogP contribution in [0.15, 0.2) is 41.5 Å². The fraction of sp³-hybridized carbons (Fsp3) is 0.435. The highest BCUT2D eigenvalue weighted by atomic mass is 16.5. The highest BCUT2D eigenvalue weighted by Gasteiger charge is 2.70. The van der Waals surface area contributed by atoms with Gasteiger partial charge in [0.1, 0.15) is 0 Å². The van der Waals surface area contributed by atoms with Crippen molar-refractivity contribution in [2.75, 3.05) is 11.5 Å². The number of unbranched alkanes of at least 4 members (excludes halogenated alkanes) is 1. The maximum Gasteiger partial charge on any atom is 0.334 e. The number of para-hydroxylation sites is 1. The van der Waals surface area contributed by atoms with Gasteiger partial charge in [0, 0.05) is 12.0 Å². The van der Waals surface area contributed by atoms with Crippen LogP contribution in [0.3, 0.4) is 0 Å². The molecule has 30 heavy (non-hydrogen) atoms. The minimum atomic E-state index is -1.89. The number of benzene rings is 1. The van der Waals surface area contributed by atoms with Gasteiger partial charge in [0.15, 0.2) is 5.41 Å². The number of hydrogen-bond acceptors (Lipinski definition) is 6. The minimum Gasteiger partial charge on any atom is -0.463 e. The molecule has 3 rings (SSSR count). The number of amides is 2. The zero-order valence-corrected chi connectivity index (χ0v) is 17.1. The van der Waals surface area contributed by atoms with Crippen LogP contribution in [0, 0.1) is 33.5 Å². The number of carbonyl (C=O) groups excluding carboxylic acids is 3. The molecular formula is C23H23N3O4. The molecule has 2 amide bonds. The normalized spacial score (nSPS) is 22.3. The van der Waals surface area contributed by atoms with Crippen molar-refractivity contribution >= 4 is 23.5 Å². The number of hydrogen-bond donors (Lipinski definition) is 0. The van der Waals surface area contributed by atoms with Gasteiger partial charge < -0.3 is 4.74 Å². The van der Waals surface area contributed by atoms with Crippen molar-refractivity contribution in [2.45, 2.75) is 46.0 Å². The van der Waals surface area contributed by atoms with E-state index in [1.165, 1.54) is 0 Å². The quantitative estimate of drug-likeness (QED) is 0.529. The third kappa shape index (κ3) is 2.90. The van der Waals surface area contributed by atoms with Crippen molar-refractivity contribution in [3.05, 3.63) is 41.5 Å². The van der Waals surface area contributed by atoms with Gasteiger partial charge in [-0.3, -0.25) is 9.59 Å². The van der Waals surface area contributed by atoms with Gasteiger partial charge in [0.05, 0.1) is 29.8 Å². The predicted molar refractivity (Wildman–Crippen MR) is 107 cm³/mol. The summed E-state index contributed by atoms with van der Waals surface area (Å²) < 4.78 is 5.17. The summed E-state index contributed by atoms with van der Waals surface area (Å²) >= 11 is 0. The zero-order chi connectivity index (χ0) is 21.9. The molecule has 7 heteroatoms. The van der Waals surface area contributed by atoms with E-state index in [1.807, 2.05) is 19.1 Å². The molecule has 1 atom stereocenters. The maximum absolute atomic E-state index is 13.6. The number of carbonyl (C=O) groups is 3. The van der Waals surface area contributed by atoms with Crippen LogP contribution in [0.2, 0.25) is 0 Å². The first-order valence-electron chi connectivity index (χ1n) is 10.1. The first kappa shape index (κ1) is 21.3. The number of nitrogens with zero attached hydrogens (tertiary/aromatic N) is 3. The summed E-state index contributed by atoms with van der Waals surface area (Å²) in [5, 5.41) is 20.3.